The molecule has 0 bridgehead atoms. The second-order valence-electron chi connectivity index (χ2n) is 4.49. The molecular formula is C12H16FNO2S. The highest BCUT2D eigenvalue weighted by atomic mass is 32.2. The van der Waals surface area contributed by atoms with Gasteiger partial charge in [-0.3, -0.25) is 0 Å². The number of hydrogen-bond donors (Lipinski definition) is 0. The van der Waals surface area contributed by atoms with Gasteiger partial charge in [-0.15, -0.1) is 0 Å². The highest BCUT2D eigenvalue weighted by Crippen LogP contribution is 2.23. The molecule has 5 heteroatoms. The van der Waals surface area contributed by atoms with Crippen molar-refractivity contribution in [2.45, 2.75) is 18.1 Å². The summed E-state index contributed by atoms with van der Waals surface area (Å²) >= 11 is 0. The van der Waals surface area contributed by atoms with E-state index in [1.165, 1.54) is 18.4 Å². The van der Waals surface area contributed by atoms with E-state index in [2.05, 4.69) is 4.90 Å². The molecule has 1 aliphatic rings. The lowest BCUT2D eigenvalue weighted by atomic mass is 10.1. The van der Waals surface area contributed by atoms with Gasteiger partial charge in [0.05, 0.1) is 5.25 Å². The Kier molecular flexibility index (Phi) is 3.38. The summed E-state index contributed by atoms with van der Waals surface area (Å²) in [5, 5.41) is -0.223. The molecule has 1 saturated heterocycles. The minimum atomic E-state index is -2.92. The molecule has 1 aliphatic heterocycles. The summed E-state index contributed by atoms with van der Waals surface area (Å²) in [6.45, 7) is 1.42. The van der Waals surface area contributed by atoms with Gasteiger partial charge >= 0.3 is 0 Å². The van der Waals surface area contributed by atoms with Crippen molar-refractivity contribution in [3.63, 3.8) is 0 Å². The van der Waals surface area contributed by atoms with Gasteiger partial charge in [-0.25, -0.2) is 12.8 Å². The smallest absolute Gasteiger partial charge is 0.150 e. The standard InChI is InChI=1S/C12H16FNO2S/c1-17(15,16)12-6-8-14(9-7-12)11-4-2-10(13)3-5-11/h2-5,12H,6-9H2,1H3. The maximum atomic E-state index is 12.8. The van der Waals surface area contributed by atoms with Crippen LogP contribution in [0.25, 0.3) is 0 Å². The largest absolute Gasteiger partial charge is 0.371 e. The quantitative estimate of drug-likeness (QED) is 0.811. The number of piperidine rings is 1. The molecule has 0 saturated carbocycles. The number of anilines is 1. The van der Waals surface area contributed by atoms with Crippen LogP contribution in [-0.2, 0) is 9.84 Å². The number of benzene rings is 1. The molecule has 0 aromatic heterocycles. The molecule has 1 fully saturated rings. The van der Waals surface area contributed by atoms with Crippen molar-refractivity contribution in [3.05, 3.63) is 30.1 Å². The maximum absolute atomic E-state index is 12.8. The second kappa shape index (κ2) is 4.64. The van der Waals surface area contributed by atoms with Crippen molar-refractivity contribution in [3.8, 4) is 0 Å². The Hall–Kier alpha value is -1.10. The Morgan fingerprint density at radius 1 is 1.18 bits per heavy atom. The van der Waals surface area contributed by atoms with E-state index in [-0.39, 0.29) is 11.1 Å². The van der Waals surface area contributed by atoms with Gasteiger partial charge in [0.25, 0.3) is 0 Å². The van der Waals surface area contributed by atoms with Gasteiger partial charge in [0.15, 0.2) is 0 Å². The molecule has 0 spiro atoms. The average Bonchev–Trinajstić information content (AvgIpc) is 2.29. The molecule has 2 rings (SSSR count). The lowest BCUT2D eigenvalue weighted by Gasteiger charge is -2.32. The van der Waals surface area contributed by atoms with Crippen molar-refractivity contribution in [2.24, 2.45) is 0 Å². The first-order valence-electron chi connectivity index (χ1n) is 5.66. The molecule has 3 nitrogen and oxygen atoms in total. The van der Waals surface area contributed by atoms with E-state index in [1.807, 2.05) is 0 Å². The van der Waals surface area contributed by atoms with Crippen LogP contribution in [0.3, 0.4) is 0 Å². The molecule has 0 amide bonds. The minimum Gasteiger partial charge on any atom is -0.371 e. The van der Waals surface area contributed by atoms with Crippen LogP contribution in [0.5, 0.6) is 0 Å². The molecule has 0 aliphatic carbocycles. The fourth-order valence-electron chi connectivity index (χ4n) is 2.19. The van der Waals surface area contributed by atoms with Gasteiger partial charge in [0, 0.05) is 25.0 Å². The van der Waals surface area contributed by atoms with Crippen LogP contribution in [0.4, 0.5) is 10.1 Å². The summed E-state index contributed by atoms with van der Waals surface area (Å²) in [6, 6.07) is 6.32. The predicted molar refractivity (Wildman–Crippen MR) is 66.5 cm³/mol. The number of halogens is 1. The van der Waals surface area contributed by atoms with Gasteiger partial charge in [-0.2, -0.15) is 0 Å². The molecule has 1 aromatic carbocycles. The lowest BCUT2D eigenvalue weighted by molar-refractivity contribution is 0.534. The normalized spacial score (nSPS) is 18.4. The number of nitrogens with zero attached hydrogens (tertiary/aromatic N) is 1. The minimum absolute atomic E-state index is 0.223. The van der Waals surface area contributed by atoms with Crippen LogP contribution in [0, 0.1) is 5.82 Å². The average molecular weight is 257 g/mol. The van der Waals surface area contributed by atoms with E-state index in [0.29, 0.717) is 25.9 Å². The fourth-order valence-corrected chi connectivity index (χ4v) is 3.26. The Balaban J connectivity index is 2.02. The SMILES string of the molecule is CS(=O)(=O)C1CCN(c2ccc(F)cc2)CC1. The van der Waals surface area contributed by atoms with E-state index in [4.69, 9.17) is 0 Å². The Morgan fingerprint density at radius 2 is 1.71 bits per heavy atom. The maximum Gasteiger partial charge on any atom is 0.150 e. The van der Waals surface area contributed by atoms with E-state index < -0.39 is 9.84 Å². The fraction of sp³-hybridized carbons (Fsp3) is 0.500. The third kappa shape index (κ3) is 2.97. The highest BCUT2D eigenvalue weighted by Gasteiger charge is 2.26. The molecule has 94 valence electrons. The van der Waals surface area contributed by atoms with Crippen LogP contribution in [0.1, 0.15) is 12.8 Å². The first-order chi connectivity index (χ1) is 7.97. The van der Waals surface area contributed by atoms with Crippen LogP contribution < -0.4 is 4.90 Å². The zero-order valence-corrected chi connectivity index (χ0v) is 10.6. The molecule has 0 radical (unpaired) electrons. The summed E-state index contributed by atoms with van der Waals surface area (Å²) in [6.07, 6.45) is 2.59. The lowest BCUT2D eigenvalue weighted by Crippen LogP contribution is -2.38. The van der Waals surface area contributed by atoms with E-state index in [9.17, 15) is 12.8 Å². The van der Waals surface area contributed by atoms with Gasteiger partial charge in [-0.1, -0.05) is 0 Å². The summed E-state index contributed by atoms with van der Waals surface area (Å²) in [5.41, 5.74) is 0.957. The monoisotopic (exact) mass is 257 g/mol. The number of sulfone groups is 1. The molecule has 17 heavy (non-hydrogen) atoms. The van der Waals surface area contributed by atoms with Gasteiger partial charge in [-0.05, 0) is 37.1 Å². The first kappa shape index (κ1) is 12.4. The highest BCUT2D eigenvalue weighted by molar-refractivity contribution is 7.91. The summed E-state index contributed by atoms with van der Waals surface area (Å²) in [7, 11) is -2.92. The zero-order chi connectivity index (χ0) is 12.5. The zero-order valence-electron chi connectivity index (χ0n) is 9.77. The topological polar surface area (TPSA) is 37.4 Å². The number of rotatable bonds is 2. The third-order valence-corrected chi connectivity index (χ3v) is 4.92. The van der Waals surface area contributed by atoms with Gasteiger partial charge < -0.3 is 4.90 Å². The molecule has 0 atom stereocenters. The second-order valence-corrected chi connectivity index (χ2v) is 6.82. The van der Waals surface area contributed by atoms with E-state index in [1.54, 1.807) is 12.1 Å². The molecule has 1 heterocycles. The van der Waals surface area contributed by atoms with Crippen molar-refractivity contribution in [2.75, 3.05) is 24.2 Å². The van der Waals surface area contributed by atoms with Crippen molar-refractivity contribution in [1.29, 1.82) is 0 Å². The van der Waals surface area contributed by atoms with Crippen molar-refractivity contribution >= 4 is 15.5 Å². The van der Waals surface area contributed by atoms with Crippen molar-refractivity contribution < 1.29 is 12.8 Å². The summed E-state index contributed by atoms with van der Waals surface area (Å²) in [4.78, 5) is 2.10. The van der Waals surface area contributed by atoms with Gasteiger partial charge in [0.1, 0.15) is 15.7 Å². The Bertz CT molecular complexity index is 476. The van der Waals surface area contributed by atoms with Crippen molar-refractivity contribution in [1.82, 2.24) is 0 Å². The summed E-state index contributed by atoms with van der Waals surface area (Å²) in [5.74, 6) is -0.250. The van der Waals surface area contributed by atoms with Crippen LogP contribution >= 0.6 is 0 Å². The van der Waals surface area contributed by atoms with Crippen LogP contribution in [0.15, 0.2) is 24.3 Å². The molecule has 0 N–H and O–H groups in total. The van der Waals surface area contributed by atoms with Gasteiger partial charge in [0.2, 0.25) is 0 Å². The molecule has 1 aromatic rings. The Morgan fingerprint density at radius 3 is 2.18 bits per heavy atom. The van der Waals surface area contributed by atoms with Crippen LogP contribution in [-0.4, -0.2) is 33.0 Å². The molecule has 0 unspecified atom stereocenters. The molecular weight excluding hydrogens is 241 g/mol. The first-order valence-corrected chi connectivity index (χ1v) is 7.61. The predicted octanol–water partition coefficient (Wildman–Crippen LogP) is 1.84. The third-order valence-electron chi connectivity index (χ3n) is 3.24. The summed E-state index contributed by atoms with van der Waals surface area (Å²) < 4.78 is 35.6. The van der Waals surface area contributed by atoms with Crippen LogP contribution in [0.2, 0.25) is 0 Å². The van der Waals surface area contributed by atoms with E-state index >= 15 is 0 Å². The Labute approximate surface area is 101 Å². The number of hydrogen-bond acceptors (Lipinski definition) is 3. The van der Waals surface area contributed by atoms with E-state index in [0.717, 1.165) is 5.69 Å².